The molecule has 322 valence electrons. The highest BCUT2D eigenvalue weighted by Crippen LogP contribution is 2.34. The molecule has 1 aromatic carbocycles. The molecule has 16 nitrogen and oxygen atoms in total. The van der Waals surface area contributed by atoms with Gasteiger partial charge in [0.15, 0.2) is 36.7 Å². The Labute approximate surface area is 338 Å². The number of aliphatic hydroxyl groups is 3. The average molecular weight is 819 g/mol. The van der Waals surface area contributed by atoms with Gasteiger partial charge in [0.25, 0.3) is 0 Å². The second kappa shape index (κ2) is 22.9. The summed E-state index contributed by atoms with van der Waals surface area (Å²) in [6.07, 6.45) is -9.21. The lowest BCUT2D eigenvalue weighted by Gasteiger charge is -2.47. The van der Waals surface area contributed by atoms with Crippen LogP contribution in [0.15, 0.2) is 48.1 Å². The topological polar surface area (TPSA) is 220 Å². The molecule has 12 atom stereocenters. The van der Waals surface area contributed by atoms with Crippen molar-refractivity contribution in [2.75, 3.05) is 6.61 Å². The number of Topliss-reactive ketones (excluding diaryl/α,β-unsaturated/α-hetero) is 1. The van der Waals surface area contributed by atoms with E-state index in [9.17, 15) is 39.3 Å². The van der Waals surface area contributed by atoms with E-state index < -0.39 is 116 Å². The van der Waals surface area contributed by atoms with Gasteiger partial charge in [0.1, 0.15) is 37.1 Å². The Bertz CT molecular complexity index is 1580. The zero-order valence-electron chi connectivity index (χ0n) is 33.8. The van der Waals surface area contributed by atoms with Crippen LogP contribution in [0.4, 0.5) is 0 Å². The fourth-order valence-corrected chi connectivity index (χ4v) is 6.86. The van der Waals surface area contributed by atoms with Crippen molar-refractivity contribution in [3.05, 3.63) is 53.6 Å². The lowest BCUT2D eigenvalue weighted by atomic mass is 9.96. The molecule has 0 radical (unpaired) electrons. The second-order valence-electron chi connectivity index (χ2n) is 14.7. The van der Waals surface area contributed by atoms with E-state index in [2.05, 4.69) is 0 Å². The number of rotatable bonds is 8. The summed E-state index contributed by atoms with van der Waals surface area (Å²) in [6, 6.07) is 8.84. The molecule has 16 heteroatoms. The van der Waals surface area contributed by atoms with Crippen molar-refractivity contribution in [2.24, 2.45) is 0 Å². The quantitative estimate of drug-likeness (QED) is 0.194. The van der Waals surface area contributed by atoms with Crippen molar-refractivity contribution < 1.29 is 77.2 Å². The van der Waals surface area contributed by atoms with Gasteiger partial charge in [-0.15, -0.1) is 0 Å². The van der Waals surface area contributed by atoms with Gasteiger partial charge in [-0.2, -0.15) is 0 Å². The van der Waals surface area contributed by atoms with E-state index in [1.165, 1.54) is 26.0 Å². The van der Waals surface area contributed by atoms with Crippen LogP contribution in [0.2, 0.25) is 0 Å². The molecule has 0 amide bonds. The van der Waals surface area contributed by atoms with Gasteiger partial charge in [0, 0.05) is 25.0 Å². The number of carbonyl (C=O) groups is 5. The minimum Gasteiger partial charge on any atom is -0.463 e. The lowest BCUT2D eigenvalue weighted by molar-refractivity contribution is -0.369. The number of carbonyl (C=O) groups excluding carboxylic acids is 5. The van der Waals surface area contributed by atoms with E-state index in [-0.39, 0.29) is 18.4 Å². The van der Waals surface area contributed by atoms with E-state index in [0.717, 1.165) is 12.5 Å². The van der Waals surface area contributed by atoms with Crippen molar-refractivity contribution in [3.8, 4) is 0 Å². The molecule has 3 aliphatic rings. The summed E-state index contributed by atoms with van der Waals surface area (Å²) in [5.41, 5.74) is 0.825. The number of allylic oxidation sites excluding steroid dienone is 1. The lowest BCUT2D eigenvalue weighted by Crippen LogP contribution is -2.65. The molecular formula is C42H58O16. The molecule has 3 saturated heterocycles. The maximum atomic E-state index is 13.3. The Morgan fingerprint density at radius 2 is 1.55 bits per heavy atom. The fourth-order valence-electron chi connectivity index (χ4n) is 6.86. The maximum absolute atomic E-state index is 13.3. The molecule has 2 bridgehead atoms. The van der Waals surface area contributed by atoms with Crippen molar-refractivity contribution in [3.63, 3.8) is 0 Å². The normalized spacial score (nSPS) is 33.6. The van der Waals surface area contributed by atoms with Gasteiger partial charge in [-0.1, -0.05) is 62.6 Å². The third kappa shape index (κ3) is 13.5. The van der Waals surface area contributed by atoms with Gasteiger partial charge in [0.05, 0.1) is 18.6 Å². The molecule has 1 aromatic rings. The highest BCUT2D eigenvalue weighted by Gasteiger charge is 2.54. The summed E-state index contributed by atoms with van der Waals surface area (Å²) < 4.78 is 47.1. The average Bonchev–Trinajstić information content (AvgIpc) is 3.20. The van der Waals surface area contributed by atoms with Gasteiger partial charge < -0.3 is 53.2 Å². The number of fused-ring (bicyclic) bond motifs is 3. The molecule has 58 heavy (non-hydrogen) atoms. The SMILES string of the molecule is CC=C(C)C(=O)O[C@@H]1[C@@H](O)[C@@H]2O[C@H]3[C@H](O[C@@H](CCC)CCCCC[C@H](OC(C)=O)C(=O)CCC(=O)OC[C@@H](O2)[C@H]1OC(=O)C=Cc1ccccc1)O[C@H](C)[C@H](O)[C@@H]3O. The zero-order chi connectivity index (χ0) is 42.4. The largest absolute Gasteiger partial charge is 0.463 e. The Morgan fingerprint density at radius 3 is 2.24 bits per heavy atom. The molecule has 0 aliphatic carbocycles. The number of esters is 4. The zero-order valence-corrected chi connectivity index (χ0v) is 33.8. The Morgan fingerprint density at radius 1 is 0.828 bits per heavy atom. The van der Waals surface area contributed by atoms with Crippen LogP contribution in [0.3, 0.4) is 0 Å². The van der Waals surface area contributed by atoms with Crippen molar-refractivity contribution >= 4 is 35.7 Å². The molecule has 0 unspecified atom stereocenters. The monoisotopic (exact) mass is 818 g/mol. The molecule has 0 aromatic heterocycles. The van der Waals surface area contributed by atoms with Gasteiger partial charge in [-0.25, -0.2) is 9.59 Å². The third-order valence-electron chi connectivity index (χ3n) is 10.2. The predicted molar refractivity (Wildman–Crippen MR) is 204 cm³/mol. The van der Waals surface area contributed by atoms with E-state index in [4.69, 9.17) is 37.9 Å². The number of hydrogen-bond donors (Lipinski definition) is 3. The number of hydrogen-bond acceptors (Lipinski definition) is 16. The molecule has 3 N–H and O–H groups in total. The molecule has 4 rings (SSSR count). The van der Waals surface area contributed by atoms with Gasteiger partial charge in [-0.3, -0.25) is 14.4 Å². The Hall–Kier alpha value is -4.03. The first-order chi connectivity index (χ1) is 27.7. The third-order valence-corrected chi connectivity index (χ3v) is 10.2. The van der Waals surface area contributed by atoms with Gasteiger partial charge in [0.2, 0.25) is 0 Å². The van der Waals surface area contributed by atoms with Crippen LogP contribution in [0.25, 0.3) is 6.08 Å². The van der Waals surface area contributed by atoms with Crippen LogP contribution in [0, 0.1) is 0 Å². The molecule has 0 spiro atoms. The highest BCUT2D eigenvalue weighted by atomic mass is 16.8. The Balaban J connectivity index is 1.73. The first-order valence-corrected chi connectivity index (χ1v) is 20.0. The van der Waals surface area contributed by atoms with E-state index >= 15 is 0 Å². The second-order valence-corrected chi connectivity index (χ2v) is 14.7. The summed E-state index contributed by atoms with van der Waals surface area (Å²) in [7, 11) is 0. The molecule has 3 heterocycles. The number of ketones is 1. The minimum atomic E-state index is -1.89. The predicted octanol–water partition coefficient (Wildman–Crippen LogP) is 3.40. The van der Waals surface area contributed by atoms with Crippen LogP contribution in [0.1, 0.15) is 98.0 Å². The van der Waals surface area contributed by atoms with Crippen molar-refractivity contribution in [2.45, 2.75) is 166 Å². The van der Waals surface area contributed by atoms with E-state index in [1.54, 1.807) is 44.2 Å². The van der Waals surface area contributed by atoms with E-state index in [1.807, 2.05) is 6.92 Å². The fraction of sp³-hybridized carbons (Fsp3) is 0.643. The summed E-state index contributed by atoms with van der Waals surface area (Å²) in [6.45, 7) is 7.16. The van der Waals surface area contributed by atoms with Crippen LogP contribution in [-0.2, 0) is 61.9 Å². The summed E-state index contributed by atoms with van der Waals surface area (Å²) in [5.74, 6) is -3.75. The maximum Gasteiger partial charge on any atom is 0.333 e. The van der Waals surface area contributed by atoms with Gasteiger partial charge in [-0.05, 0) is 58.1 Å². The van der Waals surface area contributed by atoms with Crippen LogP contribution in [-0.4, -0.2) is 125 Å². The van der Waals surface area contributed by atoms with Crippen LogP contribution < -0.4 is 0 Å². The number of ether oxygens (including phenoxy) is 8. The number of benzene rings is 1. The van der Waals surface area contributed by atoms with Crippen molar-refractivity contribution in [1.29, 1.82) is 0 Å². The number of aliphatic hydroxyl groups excluding tert-OH is 3. The molecule has 3 aliphatic heterocycles. The standard InChI is InChI=1S/C42H58O16/c1-6-14-28-17-12-9-13-18-30(53-26(5)43)29(44)20-22-32(45)51-23-31-37(56-33(46)21-19-27-15-10-8-11-16-27)38(57-40(50)24(3)7-2)36(49)41(55-31)58-39-35(48)34(47)25(4)52-42(39)54-28/h7-8,10-11,15-16,19,21,25,28,30-31,34-39,41-42,47-49H,6,9,12-14,17-18,20,22-23H2,1-5H3/t25-,28+,30+,31-,34+,35+,36-,37-,38-,39-,41+,42+/m1/s1. The summed E-state index contributed by atoms with van der Waals surface area (Å²) in [5, 5.41) is 34.1. The van der Waals surface area contributed by atoms with Crippen molar-refractivity contribution in [1.82, 2.24) is 0 Å². The minimum absolute atomic E-state index is 0.154. The molecule has 0 saturated carbocycles. The number of cyclic esters (lactones) is 1. The molecular weight excluding hydrogens is 760 g/mol. The molecule has 3 fully saturated rings. The first-order valence-electron chi connectivity index (χ1n) is 20.0. The van der Waals surface area contributed by atoms with Crippen LogP contribution >= 0.6 is 0 Å². The first kappa shape index (κ1) is 46.7. The summed E-state index contributed by atoms with van der Waals surface area (Å²) >= 11 is 0. The summed E-state index contributed by atoms with van der Waals surface area (Å²) in [4.78, 5) is 64.6. The Kier molecular flexibility index (Phi) is 18.5. The van der Waals surface area contributed by atoms with E-state index in [0.29, 0.717) is 37.7 Å². The van der Waals surface area contributed by atoms with Crippen LogP contribution in [0.5, 0.6) is 0 Å². The highest BCUT2D eigenvalue weighted by molar-refractivity contribution is 5.89. The smallest absolute Gasteiger partial charge is 0.333 e. The van der Waals surface area contributed by atoms with Gasteiger partial charge >= 0.3 is 23.9 Å².